The summed E-state index contributed by atoms with van der Waals surface area (Å²) in [6.07, 6.45) is 0.732. The summed E-state index contributed by atoms with van der Waals surface area (Å²) < 4.78 is 13.8. The van der Waals surface area contributed by atoms with Crippen LogP contribution < -0.4 is 5.32 Å². The quantitative estimate of drug-likeness (QED) is 0.421. The molecule has 1 N–H and O–H groups in total. The van der Waals surface area contributed by atoms with Crippen LogP contribution >= 0.6 is 11.8 Å². The highest BCUT2D eigenvalue weighted by Gasteiger charge is 2.12. The number of amides is 1. The number of hydrogen-bond acceptors (Lipinski definition) is 3. The van der Waals surface area contributed by atoms with E-state index in [4.69, 9.17) is 4.98 Å². The third kappa shape index (κ3) is 4.81. The van der Waals surface area contributed by atoms with Crippen molar-refractivity contribution < 1.29 is 9.18 Å². The van der Waals surface area contributed by atoms with Gasteiger partial charge < -0.3 is 5.32 Å². The van der Waals surface area contributed by atoms with E-state index >= 15 is 0 Å². The van der Waals surface area contributed by atoms with Crippen molar-refractivity contribution in [3.05, 3.63) is 102 Å². The number of hydrogen-bond donors (Lipinski definition) is 1. The van der Waals surface area contributed by atoms with Crippen molar-refractivity contribution in [1.29, 1.82) is 0 Å². The van der Waals surface area contributed by atoms with Gasteiger partial charge in [-0.3, -0.25) is 4.79 Å². The summed E-state index contributed by atoms with van der Waals surface area (Å²) in [4.78, 5) is 17.1. The molecule has 29 heavy (non-hydrogen) atoms. The fourth-order valence-corrected chi connectivity index (χ4v) is 3.91. The van der Waals surface area contributed by atoms with Crippen LogP contribution in [0.15, 0.2) is 90.0 Å². The molecule has 0 unspecified atom stereocenters. The molecule has 4 aromatic rings. The largest absolute Gasteiger partial charge is 0.323 e. The number of thioether (sulfide) groups is 1. The average Bonchev–Trinajstić information content (AvgIpc) is 2.74. The maximum absolute atomic E-state index is 13.8. The van der Waals surface area contributed by atoms with Gasteiger partial charge in [0, 0.05) is 11.8 Å². The predicted octanol–water partition coefficient (Wildman–Crippen LogP) is 5.70. The van der Waals surface area contributed by atoms with Crippen molar-refractivity contribution in [2.75, 3.05) is 11.1 Å². The van der Waals surface area contributed by atoms with E-state index in [0.717, 1.165) is 27.9 Å². The molecular weight excluding hydrogens is 383 g/mol. The number of nitrogens with one attached hydrogen (secondary N) is 1. The van der Waals surface area contributed by atoms with Gasteiger partial charge in [-0.25, -0.2) is 9.37 Å². The van der Waals surface area contributed by atoms with Gasteiger partial charge in [-0.1, -0.05) is 72.4 Å². The summed E-state index contributed by atoms with van der Waals surface area (Å²) >= 11 is 1.37. The van der Waals surface area contributed by atoms with Crippen LogP contribution in [0.2, 0.25) is 0 Å². The van der Waals surface area contributed by atoms with E-state index in [9.17, 15) is 9.18 Å². The molecule has 0 aliphatic rings. The molecule has 1 heterocycles. The standard InChI is InChI=1S/C24H19FN2OS/c25-20-11-5-7-13-22(20)26-23(28)16-29-24-19(14-17-8-2-1-3-9-17)15-18-10-4-6-12-21(18)27-24/h1-13,15H,14,16H2,(H,26,28). The first-order valence-corrected chi connectivity index (χ1v) is 10.3. The van der Waals surface area contributed by atoms with Crippen LogP contribution in [0.4, 0.5) is 10.1 Å². The Balaban J connectivity index is 1.55. The topological polar surface area (TPSA) is 42.0 Å². The molecule has 0 aliphatic heterocycles. The smallest absolute Gasteiger partial charge is 0.234 e. The number of para-hydroxylation sites is 2. The summed E-state index contributed by atoms with van der Waals surface area (Å²) in [5, 5.41) is 4.51. The zero-order valence-corrected chi connectivity index (χ0v) is 16.5. The molecule has 144 valence electrons. The number of carbonyl (C=O) groups is 1. The number of halogens is 1. The summed E-state index contributed by atoms with van der Waals surface area (Å²) in [6, 6.07) is 26.4. The normalized spacial score (nSPS) is 10.8. The Bertz CT molecular complexity index is 1150. The summed E-state index contributed by atoms with van der Waals surface area (Å²) in [5.74, 6) is -0.554. The van der Waals surface area contributed by atoms with Gasteiger partial charge in [0.1, 0.15) is 10.8 Å². The molecule has 0 saturated carbocycles. The summed E-state index contributed by atoms with van der Waals surface area (Å²) in [5.41, 5.74) is 3.33. The Labute approximate surface area is 173 Å². The molecule has 0 saturated heterocycles. The minimum atomic E-state index is -0.445. The first-order chi connectivity index (χ1) is 14.2. The zero-order chi connectivity index (χ0) is 20.1. The molecule has 0 atom stereocenters. The minimum Gasteiger partial charge on any atom is -0.323 e. The van der Waals surface area contributed by atoms with E-state index in [1.54, 1.807) is 18.2 Å². The monoisotopic (exact) mass is 402 g/mol. The van der Waals surface area contributed by atoms with Crippen LogP contribution in [0.1, 0.15) is 11.1 Å². The molecule has 0 bridgehead atoms. The molecule has 3 nitrogen and oxygen atoms in total. The second kappa shape index (κ2) is 8.88. The van der Waals surface area contributed by atoms with E-state index in [1.807, 2.05) is 42.5 Å². The summed E-state index contributed by atoms with van der Waals surface area (Å²) in [7, 11) is 0. The number of rotatable bonds is 6. The number of nitrogens with zero attached hydrogens (tertiary/aromatic N) is 1. The molecule has 3 aromatic carbocycles. The van der Waals surface area contributed by atoms with Crippen LogP contribution in [-0.2, 0) is 11.2 Å². The molecule has 1 amide bonds. The number of anilines is 1. The first kappa shape index (κ1) is 19.2. The molecule has 0 fully saturated rings. The molecule has 5 heteroatoms. The minimum absolute atomic E-state index is 0.154. The van der Waals surface area contributed by atoms with Gasteiger partial charge in [-0.15, -0.1) is 0 Å². The number of benzene rings is 3. The number of fused-ring (bicyclic) bond motifs is 1. The van der Waals surface area contributed by atoms with E-state index in [0.29, 0.717) is 0 Å². The zero-order valence-electron chi connectivity index (χ0n) is 15.6. The molecule has 0 aliphatic carbocycles. The Morgan fingerprint density at radius 1 is 0.931 bits per heavy atom. The average molecular weight is 402 g/mol. The van der Waals surface area contributed by atoms with Gasteiger partial charge in [-0.2, -0.15) is 0 Å². The Morgan fingerprint density at radius 2 is 1.66 bits per heavy atom. The highest BCUT2D eigenvalue weighted by atomic mass is 32.2. The highest BCUT2D eigenvalue weighted by Crippen LogP contribution is 2.27. The second-order valence-corrected chi connectivity index (χ2v) is 7.59. The lowest BCUT2D eigenvalue weighted by molar-refractivity contribution is -0.113. The van der Waals surface area contributed by atoms with Crippen molar-refractivity contribution in [3.63, 3.8) is 0 Å². The van der Waals surface area contributed by atoms with Gasteiger partial charge >= 0.3 is 0 Å². The van der Waals surface area contributed by atoms with Crippen LogP contribution in [-0.4, -0.2) is 16.6 Å². The van der Waals surface area contributed by atoms with Crippen LogP contribution in [0.3, 0.4) is 0 Å². The van der Waals surface area contributed by atoms with E-state index in [1.165, 1.54) is 23.4 Å². The van der Waals surface area contributed by atoms with Crippen molar-refractivity contribution in [2.45, 2.75) is 11.4 Å². The van der Waals surface area contributed by atoms with Crippen molar-refractivity contribution in [1.82, 2.24) is 4.98 Å². The van der Waals surface area contributed by atoms with Gasteiger partial charge in [0.2, 0.25) is 5.91 Å². The van der Waals surface area contributed by atoms with E-state index < -0.39 is 5.82 Å². The molecule has 0 spiro atoms. The first-order valence-electron chi connectivity index (χ1n) is 9.29. The predicted molar refractivity (Wildman–Crippen MR) is 117 cm³/mol. The molecular formula is C24H19FN2OS. The third-order valence-electron chi connectivity index (χ3n) is 4.49. The van der Waals surface area contributed by atoms with Crippen molar-refractivity contribution in [3.8, 4) is 0 Å². The number of pyridine rings is 1. The van der Waals surface area contributed by atoms with E-state index in [-0.39, 0.29) is 17.3 Å². The maximum Gasteiger partial charge on any atom is 0.234 e. The Kier molecular flexibility index (Phi) is 5.86. The fraction of sp³-hybridized carbons (Fsp3) is 0.0833. The lowest BCUT2D eigenvalue weighted by Gasteiger charge is -2.11. The van der Waals surface area contributed by atoms with Crippen molar-refractivity contribution in [2.24, 2.45) is 0 Å². The lowest BCUT2D eigenvalue weighted by atomic mass is 10.0. The number of carbonyl (C=O) groups excluding carboxylic acids is 1. The Morgan fingerprint density at radius 3 is 2.48 bits per heavy atom. The number of aromatic nitrogens is 1. The Hall–Kier alpha value is -3.18. The van der Waals surface area contributed by atoms with Crippen LogP contribution in [0.25, 0.3) is 10.9 Å². The van der Waals surface area contributed by atoms with Crippen molar-refractivity contribution >= 4 is 34.3 Å². The molecule has 0 radical (unpaired) electrons. The lowest BCUT2D eigenvalue weighted by Crippen LogP contribution is -2.15. The van der Waals surface area contributed by atoms with Gasteiger partial charge in [0.25, 0.3) is 0 Å². The summed E-state index contributed by atoms with van der Waals surface area (Å²) in [6.45, 7) is 0. The van der Waals surface area contributed by atoms with E-state index in [2.05, 4.69) is 23.5 Å². The van der Waals surface area contributed by atoms with Gasteiger partial charge in [-0.05, 0) is 35.4 Å². The highest BCUT2D eigenvalue weighted by molar-refractivity contribution is 8.00. The van der Waals surface area contributed by atoms with Gasteiger partial charge in [0.15, 0.2) is 0 Å². The van der Waals surface area contributed by atoms with Crippen LogP contribution in [0.5, 0.6) is 0 Å². The maximum atomic E-state index is 13.8. The van der Waals surface area contributed by atoms with Crippen LogP contribution in [0, 0.1) is 5.82 Å². The van der Waals surface area contributed by atoms with Gasteiger partial charge in [0.05, 0.1) is 17.0 Å². The third-order valence-corrected chi connectivity index (χ3v) is 5.52. The fourth-order valence-electron chi connectivity index (χ4n) is 3.09. The molecule has 1 aromatic heterocycles. The molecule has 4 rings (SSSR count). The second-order valence-electron chi connectivity index (χ2n) is 6.62. The SMILES string of the molecule is O=C(CSc1nc2ccccc2cc1Cc1ccccc1)Nc1ccccc1F.